The summed E-state index contributed by atoms with van der Waals surface area (Å²) in [5.74, 6) is 0.638. The maximum absolute atomic E-state index is 12.1. The van der Waals surface area contributed by atoms with Crippen molar-refractivity contribution in [2.24, 2.45) is 7.05 Å². The van der Waals surface area contributed by atoms with Gasteiger partial charge in [-0.15, -0.1) is 0 Å². The fourth-order valence-corrected chi connectivity index (χ4v) is 2.24. The van der Waals surface area contributed by atoms with Crippen LogP contribution in [-0.2, 0) is 13.5 Å². The third-order valence-corrected chi connectivity index (χ3v) is 3.53. The number of nitrogens with zero attached hydrogens (tertiary/aromatic N) is 3. The Kier molecular flexibility index (Phi) is 3.78. The van der Waals surface area contributed by atoms with Gasteiger partial charge in [0.15, 0.2) is 5.78 Å². The van der Waals surface area contributed by atoms with Crippen LogP contribution in [0.2, 0.25) is 5.02 Å². The van der Waals surface area contributed by atoms with E-state index in [0.29, 0.717) is 16.4 Å². The van der Waals surface area contributed by atoms with Gasteiger partial charge >= 0.3 is 0 Å². The number of Topliss-reactive ketones (excluding diaryl/α,β-unsaturated/α-hetero) is 1. The largest absolute Gasteiger partial charge is 0.294 e. The summed E-state index contributed by atoms with van der Waals surface area (Å²) in [6.45, 7) is 0. The Bertz CT molecular complexity index is 568. The first-order valence-electron chi connectivity index (χ1n) is 4.89. The maximum atomic E-state index is 12.1. The van der Waals surface area contributed by atoms with E-state index in [4.69, 9.17) is 11.6 Å². The van der Waals surface area contributed by atoms with Crippen molar-refractivity contribution in [2.75, 3.05) is 0 Å². The van der Waals surface area contributed by atoms with Crippen LogP contribution in [0.5, 0.6) is 0 Å². The topological polar surface area (TPSA) is 47.8 Å². The molecule has 17 heavy (non-hydrogen) atoms. The zero-order valence-corrected chi connectivity index (χ0v) is 11.9. The van der Waals surface area contributed by atoms with E-state index in [0.717, 1.165) is 3.57 Å². The van der Waals surface area contributed by atoms with E-state index in [2.05, 4.69) is 32.7 Å². The van der Waals surface area contributed by atoms with Crippen molar-refractivity contribution in [1.29, 1.82) is 0 Å². The second-order valence-electron chi connectivity index (χ2n) is 3.52. The first-order chi connectivity index (χ1) is 8.08. The standard InChI is InChI=1S/C11H9ClIN3O/c1-16-11(14-6-15-16)5-10(17)8-4-7(12)2-3-9(8)13/h2-4,6H,5H2,1H3. The zero-order chi connectivity index (χ0) is 12.4. The molecule has 6 heteroatoms. The number of carbonyl (C=O) groups excluding carboxylic acids is 1. The average molecular weight is 362 g/mol. The van der Waals surface area contributed by atoms with E-state index in [1.54, 1.807) is 23.9 Å². The molecule has 0 amide bonds. The quantitative estimate of drug-likeness (QED) is 0.623. The van der Waals surface area contributed by atoms with Crippen molar-refractivity contribution in [3.63, 3.8) is 0 Å². The third kappa shape index (κ3) is 2.84. The molecule has 1 aromatic heterocycles. The number of ketones is 1. The highest BCUT2D eigenvalue weighted by atomic mass is 127. The van der Waals surface area contributed by atoms with Gasteiger partial charge in [-0.1, -0.05) is 11.6 Å². The molecule has 0 aliphatic carbocycles. The molecule has 1 heterocycles. The van der Waals surface area contributed by atoms with E-state index in [1.807, 2.05) is 6.07 Å². The number of aromatic nitrogens is 3. The summed E-state index contributed by atoms with van der Waals surface area (Å²) in [5, 5.41) is 4.49. The maximum Gasteiger partial charge on any atom is 0.171 e. The Hall–Kier alpha value is -0.950. The molecule has 0 unspecified atom stereocenters. The summed E-state index contributed by atoms with van der Waals surface area (Å²) in [6, 6.07) is 5.28. The van der Waals surface area contributed by atoms with Crippen molar-refractivity contribution in [1.82, 2.24) is 14.8 Å². The molecule has 0 saturated heterocycles. The van der Waals surface area contributed by atoms with Gasteiger partial charge in [-0.2, -0.15) is 5.10 Å². The molecule has 0 aliphatic heterocycles. The fraction of sp³-hybridized carbons (Fsp3) is 0.182. The smallest absolute Gasteiger partial charge is 0.171 e. The van der Waals surface area contributed by atoms with E-state index >= 15 is 0 Å². The molecule has 0 radical (unpaired) electrons. The monoisotopic (exact) mass is 361 g/mol. The predicted molar refractivity (Wildman–Crippen MR) is 73.2 cm³/mol. The predicted octanol–water partition coefficient (Wildman–Crippen LogP) is 2.50. The van der Waals surface area contributed by atoms with Crippen LogP contribution >= 0.6 is 34.2 Å². The molecule has 0 fully saturated rings. The zero-order valence-electron chi connectivity index (χ0n) is 9.02. The number of hydrogen-bond donors (Lipinski definition) is 0. The number of halogens is 2. The van der Waals surface area contributed by atoms with Crippen LogP contribution in [0.4, 0.5) is 0 Å². The van der Waals surface area contributed by atoms with Gasteiger partial charge in [-0.25, -0.2) is 4.98 Å². The number of carbonyl (C=O) groups is 1. The van der Waals surface area contributed by atoms with Crippen LogP contribution in [0.25, 0.3) is 0 Å². The number of aryl methyl sites for hydroxylation is 1. The Balaban J connectivity index is 2.26. The minimum Gasteiger partial charge on any atom is -0.294 e. The van der Waals surface area contributed by atoms with Crippen LogP contribution < -0.4 is 0 Å². The molecule has 88 valence electrons. The lowest BCUT2D eigenvalue weighted by Gasteiger charge is -2.04. The number of rotatable bonds is 3. The molecule has 0 atom stereocenters. The average Bonchev–Trinajstić information content (AvgIpc) is 2.68. The summed E-state index contributed by atoms with van der Waals surface area (Å²) in [7, 11) is 1.76. The van der Waals surface area contributed by atoms with Gasteiger partial charge in [-0.3, -0.25) is 9.48 Å². The van der Waals surface area contributed by atoms with E-state index in [1.165, 1.54) is 6.33 Å². The Morgan fingerprint density at radius 3 is 2.94 bits per heavy atom. The summed E-state index contributed by atoms with van der Waals surface area (Å²) in [5.41, 5.74) is 0.626. The van der Waals surface area contributed by atoms with Gasteiger partial charge < -0.3 is 0 Å². The van der Waals surface area contributed by atoms with Gasteiger partial charge in [0, 0.05) is 21.2 Å². The Labute approximate surface area is 117 Å². The molecule has 0 N–H and O–H groups in total. The highest BCUT2D eigenvalue weighted by molar-refractivity contribution is 14.1. The normalized spacial score (nSPS) is 10.5. The lowest BCUT2D eigenvalue weighted by molar-refractivity contribution is 0.0989. The van der Waals surface area contributed by atoms with Gasteiger partial charge in [0.2, 0.25) is 0 Å². The van der Waals surface area contributed by atoms with Crippen molar-refractivity contribution in [3.05, 3.63) is 44.5 Å². The minimum atomic E-state index is -0.00648. The first-order valence-corrected chi connectivity index (χ1v) is 6.34. The Morgan fingerprint density at radius 2 is 2.29 bits per heavy atom. The molecule has 2 rings (SSSR count). The molecule has 4 nitrogen and oxygen atoms in total. The van der Waals surface area contributed by atoms with Crippen LogP contribution in [0.3, 0.4) is 0 Å². The lowest BCUT2D eigenvalue weighted by atomic mass is 10.1. The minimum absolute atomic E-state index is 0.00648. The molecule has 0 spiro atoms. The molecular weight excluding hydrogens is 352 g/mol. The Morgan fingerprint density at radius 1 is 1.53 bits per heavy atom. The summed E-state index contributed by atoms with van der Waals surface area (Å²) >= 11 is 8.01. The third-order valence-electron chi connectivity index (χ3n) is 2.35. The molecule has 2 aromatic rings. The second-order valence-corrected chi connectivity index (χ2v) is 5.12. The van der Waals surface area contributed by atoms with E-state index in [-0.39, 0.29) is 12.2 Å². The van der Waals surface area contributed by atoms with Crippen LogP contribution in [0, 0.1) is 3.57 Å². The van der Waals surface area contributed by atoms with Gasteiger partial charge in [0.1, 0.15) is 12.2 Å². The van der Waals surface area contributed by atoms with Gasteiger partial charge in [-0.05, 0) is 40.8 Å². The van der Waals surface area contributed by atoms with Gasteiger partial charge in [0.25, 0.3) is 0 Å². The molecule has 0 bridgehead atoms. The second kappa shape index (κ2) is 5.14. The van der Waals surface area contributed by atoms with Crippen molar-refractivity contribution in [3.8, 4) is 0 Å². The molecule has 0 aliphatic rings. The van der Waals surface area contributed by atoms with Crippen molar-refractivity contribution >= 4 is 40.0 Å². The van der Waals surface area contributed by atoms with Crippen molar-refractivity contribution < 1.29 is 4.79 Å². The van der Waals surface area contributed by atoms with Crippen LogP contribution in [0.15, 0.2) is 24.5 Å². The van der Waals surface area contributed by atoms with Crippen LogP contribution in [0.1, 0.15) is 16.2 Å². The molecular formula is C11H9ClIN3O. The summed E-state index contributed by atoms with van der Waals surface area (Å²) in [6.07, 6.45) is 1.67. The van der Waals surface area contributed by atoms with E-state index < -0.39 is 0 Å². The molecule has 0 saturated carbocycles. The highest BCUT2D eigenvalue weighted by Gasteiger charge is 2.14. The van der Waals surface area contributed by atoms with Crippen molar-refractivity contribution in [2.45, 2.75) is 6.42 Å². The fourth-order valence-electron chi connectivity index (χ4n) is 1.43. The number of benzene rings is 1. The summed E-state index contributed by atoms with van der Waals surface area (Å²) < 4.78 is 2.48. The van der Waals surface area contributed by atoms with Crippen LogP contribution in [-0.4, -0.2) is 20.5 Å². The SMILES string of the molecule is Cn1ncnc1CC(=O)c1cc(Cl)ccc1I. The van der Waals surface area contributed by atoms with E-state index in [9.17, 15) is 4.79 Å². The summed E-state index contributed by atoms with van der Waals surface area (Å²) in [4.78, 5) is 16.1. The van der Waals surface area contributed by atoms with Gasteiger partial charge in [0.05, 0.1) is 6.42 Å². The lowest BCUT2D eigenvalue weighted by Crippen LogP contribution is -2.10. The number of hydrogen-bond acceptors (Lipinski definition) is 3. The first kappa shape index (κ1) is 12.5. The highest BCUT2D eigenvalue weighted by Crippen LogP contribution is 2.19. The molecule has 1 aromatic carbocycles.